The zero-order valence-electron chi connectivity index (χ0n) is 9.91. The Balaban J connectivity index is 2.24. The van der Waals surface area contributed by atoms with Crippen molar-refractivity contribution >= 4 is 11.7 Å². The Morgan fingerprint density at radius 3 is 2.82 bits per heavy atom. The van der Waals surface area contributed by atoms with Gasteiger partial charge in [0.15, 0.2) is 0 Å². The number of aryl methyl sites for hydroxylation is 1. The van der Waals surface area contributed by atoms with Gasteiger partial charge in [0.1, 0.15) is 11.6 Å². The number of nitrogens with one attached hydrogen (secondary N) is 1. The van der Waals surface area contributed by atoms with Crippen molar-refractivity contribution in [2.75, 3.05) is 11.9 Å². The van der Waals surface area contributed by atoms with Crippen LogP contribution in [0.25, 0.3) is 0 Å². The zero-order valence-corrected chi connectivity index (χ0v) is 9.91. The van der Waals surface area contributed by atoms with Crippen molar-refractivity contribution in [3.8, 4) is 0 Å². The van der Waals surface area contributed by atoms with Crippen LogP contribution in [0.1, 0.15) is 48.3 Å². The van der Waals surface area contributed by atoms with Crippen molar-refractivity contribution in [2.45, 2.75) is 38.5 Å². The van der Waals surface area contributed by atoms with Gasteiger partial charge in [-0.15, -0.1) is 0 Å². The molecule has 0 saturated carbocycles. The summed E-state index contributed by atoms with van der Waals surface area (Å²) in [6.45, 7) is 0.830. The van der Waals surface area contributed by atoms with Crippen LogP contribution in [0.3, 0.4) is 0 Å². The summed E-state index contributed by atoms with van der Waals surface area (Å²) in [6, 6.07) is 0. The number of nitrogens with zero attached hydrogens (tertiary/aromatic N) is 2. The molecule has 0 aliphatic carbocycles. The second kappa shape index (κ2) is 5.61. The van der Waals surface area contributed by atoms with Crippen LogP contribution in [0.5, 0.6) is 0 Å². The molecule has 0 radical (unpaired) electrons. The van der Waals surface area contributed by atoms with Crippen molar-refractivity contribution in [2.24, 2.45) is 5.73 Å². The van der Waals surface area contributed by atoms with Crippen LogP contribution in [0, 0.1) is 0 Å². The van der Waals surface area contributed by atoms with Crippen LogP contribution in [-0.2, 0) is 6.42 Å². The summed E-state index contributed by atoms with van der Waals surface area (Å²) in [7, 11) is 0. The summed E-state index contributed by atoms with van der Waals surface area (Å²) >= 11 is 0. The molecule has 0 aromatic carbocycles. The smallest absolute Gasteiger partial charge is 0.254 e. The topological polar surface area (TPSA) is 80.9 Å². The minimum Gasteiger partial charge on any atom is -0.369 e. The van der Waals surface area contributed by atoms with E-state index in [1.54, 1.807) is 0 Å². The third-order valence-electron chi connectivity index (χ3n) is 2.97. The number of carbonyl (C=O) groups excluding carboxylic acids is 1. The molecule has 17 heavy (non-hydrogen) atoms. The van der Waals surface area contributed by atoms with E-state index in [4.69, 9.17) is 5.73 Å². The molecule has 1 aliphatic heterocycles. The average Bonchev–Trinajstić information content (AvgIpc) is 2.35. The summed E-state index contributed by atoms with van der Waals surface area (Å²) < 4.78 is 0. The van der Waals surface area contributed by atoms with E-state index in [0.29, 0.717) is 11.4 Å². The third-order valence-corrected chi connectivity index (χ3v) is 2.97. The zero-order chi connectivity index (χ0) is 12.1. The van der Waals surface area contributed by atoms with Gasteiger partial charge in [0.25, 0.3) is 5.91 Å². The van der Waals surface area contributed by atoms with E-state index in [1.165, 1.54) is 25.5 Å². The maximum Gasteiger partial charge on any atom is 0.254 e. The predicted molar refractivity (Wildman–Crippen MR) is 65.8 cm³/mol. The molecule has 2 bridgehead atoms. The van der Waals surface area contributed by atoms with Gasteiger partial charge in [0, 0.05) is 19.2 Å². The standard InChI is InChI=1S/C12H18N4O/c13-11(17)9-8-15-10-6-4-2-1-3-5-7-14-12(9)16-10/h8H,1-7H2,(H2,13,17)(H,14,15,16). The number of nitrogens with two attached hydrogens (primary N) is 1. The van der Waals surface area contributed by atoms with Crippen LogP contribution >= 0.6 is 0 Å². The fourth-order valence-electron chi connectivity index (χ4n) is 2.00. The summed E-state index contributed by atoms with van der Waals surface area (Å²) in [4.78, 5) is 19.8. The minimum atomic E-state index is -0.478. The lowest BCUT2D eigenvalue weighted by molar-refractivity contribution is 0.100. The van der Waals surface area contributed by atoms with Crippen molar-refractivity contribution < 1.29 is 4.79 Å². The Morgan fingerprint density at radius 2 is 2.00 bits per heavy atom. The first kappa shape index (κ1) is 11.8. The lowest BCUT2D eigenvalue weighted by atomic mass is 10.1. The lowest BCUT2D eigenvalue weighted by Crippen LogP contribution is -2.17. The first-order valence-electron chi connectivity index (χ1n) is 6.17. The second-order valence-electron chi connectivity index (χ2n) is 4.36. The SMILES string of the molecule is NC(=O)c1cnc2nc1NCCCCCCC2. The van der Waals surface area contributed by atoms with Crippen LogP contribution in [-0.4, -0.2) is 22.4 Å². The average molecular weight is 234 g/mol. The van der Waals surface area contributed by atoms with E-state index in [-0.39, 0.29) is 0 Å². The fourth-order valence-corrected chi connectivity index (χ4v) is 2.00. The van der Waals surface area contributed by atoms with Gasteiger partial charge >= 0.3 is 0 Å². The maximum atomic E-state index is 11.2. The van der Waals surface area contributed by atoms with Crippen LogP contribution in [0.15, 0.2) is 6.20 Å². The van der Waals surface area contributed by atoms with Gasteiger partial charge in [0.2, 0.25) is 0 Å². The highest BCUT2D eigenvalue weighted by atomic mass is 16.1. The van der Waals surface area contributed by atoms with Gasteiger partial charge in [0.05, 0.1) is 5.56 Å². The third kappa shape index (κ3) is 3.15. The lowest BCUT2D eigenvalue weighted by Gasteiger charge is -2.09. The molecular formula is C12H18N4O. The summed E-state index contributed by atoms with van der Waals surface area (Å²) in [5.74, 6) is 0.901. The molecule has 0 fully saturated rings. The molecule has 0 unspecified atom stereocenters. The number of hydrogen-bond donors (Lipinski definition) is 2. The first-order chi connectivity index (χ1) is 8.27. The fraction of sp³-hybridized carbons (Fsp3) is 0.583. The summed E-state index contributed by atoms with van der Waals surface area (Å²) in [5.41, 5.74) is 5.68. The molecule has 0 saturated heterocycles. The quantitative estimate of drug-likeness (QED) is 0.771. The molecule has 2 rings (SSSR count). The van der Waals surface area contributed by atoms with Crippen LogP contribution in [0.4, 0.5) is 5.82 Å². The highest BCUT2D eigenvalue weighted by molar-refractivity contribution is 5.97. The van der Waals surface area contributed by atoms with E-state index < -0.39 is 5.91 Å². The summed E-state index contributed by atoms with van der Waals surface area (Å²) in [6.07, 6.45) is 8.28. The van der Waals surface area contributed by atoms with E-state index in [2.05, 4.69) is 15.3 Å². The van der Waals surface area contributed by atoms with Gasteiger partial charge in [-0.25, -0.2) is 9.97 Å². The number of amides is 1. The second-order valence-corrected chi connectivity index (χ2v) is 4.36. The van der Waals surface area contributed by atoms with Crippen molar-refractivity contribution in [1.82, 2.24) is 9.97 Å². The highest BCUT2D eigenvalue weighted by Gasteiger charge is 2.12. The molecule has 0 atom stereocenters. The van der Waals surface area contributed by atoms with Gasteiger partial charge in [-0.3, -0.25) is 4.79 Å². The van der Waals surface area contributed by atoms with E-state index in [9.17, 15) is 4.79 Å². The van der Waals surface area contributed by atoms with Gasteiger partial charge in [-0.2, -0.15) is 0 Å². The number of anilines is 1. The maximum absolute atomic E-state index is 11.2. The largest absolute Gasteiger partial charge is 0.369 e. The number of fused-ring (bicyclic) bond motifs is 2. The van der Waals surface area contributed by atoms with Crippen LogP contribution in [0.2, 0.25) is 0 Å². The molecule has 92 valence electrons. The summed E-state index contributed by atoms with van der Waals surface area (Å²) in [5, 5.41) is 3.18. The molecule has 1 aliphatic rings. The van der Waals surface area contributed by atoms with Crippen molar-refractivity contribution in [3.63, 3.8) is 0 Å². The monoisotopic (exact) mass is 234 g/mol. The van der Waals surface area contributed by atoms with Crippen LogP contribution < -0.4 is 11.1 Å². The molecule has 1 amide bonds. The molecule has 1 aromatic rings. The Labute approximate surface area is 101 Å². The van der Waals surface area contributed by atoms with Gasteiger partial charge in [-0.1, -0.05) is 19.3 Å². The van der Waals surface area contributed by atoms with Crippen molar-refractivity contribution in [3.05, 3.63) is 17.6 Å². The number of primary amides is 1. The highest BCUT2D eigenvalue weighted by Crippen LogP contribution is 2.15. The van der Waals surface area contributed by atoms with Gasteiger partial charge < -0.3 is 11.1 Å². The molecular weight excluding hydrogens is 216 g/mol. The number of carbonyl (C=O) groups is 1. The molecule has 5 nitrogen and oxygen atoms in total. The van der Waals surface area contributed by atoms with Crippen molar-refractivity contribution in [1.29, 1.82) is 0 Å². The first-order valence-corrected chi connectivity index (χ1v) is 6.17. The Bertz CT molecular complexity index is 405. The molecule has 1 aromatic heterocycles. The number of rotatable bonds is 1. The molecule has 5 heteroatoms. The number of hydrogen-bond acceptors (Lipinski definition) is 4. The minimum absolute atomic E-state index is 0.382. The van der Waals surface area contributed by atoms with E-state index in [1.807, 2.05) is 0 Å². The van der Waals surface area contributed by atoms with Gasteiger partial charge in [-0.05, 0) is 12.8 Å². The predicted octanol–water partition coefficient (Wildman–Crippen LogP) is 1.49. The number of aromatic nitrogens is 2. The Kier molecular flexibility index (Phi) is 3.90. The molecule has 3 N–H and O–H groups in total. The van der Waals surface area contributed by atoms with E-state index in [0.717, 1.165) is 31.6 Å². The Morgan fingerprint density at radius 1 is 1.24 bits per heavy atom. The Hall–Kier alpha value is -1.65. The van der Waals surface area contributed by atoms with E-state index >= 15 is 0 Å². The normalized spacial score (nSPS) is 16.7. The molecule has 0 spiro atoms. The molecule has 2 heterocycles.